The number of ether oxygens (including phenoxy) is 1. The highest BCUT2D eigenvalue weighted by atomic mass is 35.5. The molecule has 0 aliphatic carbocycles. The molecular formula is C11H12ClN3O2. The third kappa shape index (κ3) is 4.00. The first kappa shape index (κ1) is 13.4. The van der Waals surface area contributed by atoms with Gasteiger partial charge in [0.15, 0.2) is 5.92 Å². The molecule has 0 spiro atoms. The number of carbonyl (C=O) groups is 1. The van der Waals surface area contributed by atoms with E-state index in [0.717, 1.165) is 0 Å². The Hall–Kier alpha value is -1.67. The van der Waals surface area contributed by atoms with Gasteiger partial charge in [-0.15, -0.1) is 0 Å². The SMILES string of the molecule is CC(C)(C)OC(=O)C(C#N)c1ccnc(Cl)n1. The fourth-order valence-electron chi connectivity index (χ4n) is 1.11. The summed E-state index contributed by atoms with van der Waals surface area (Å²) in [5.41, 5.74) is -0.412. The molecule has 0 aromatic carbocycles. The van der Waals surface area contributed by atoms with E-state index in [1.807, 2.05) is 6.07 Å². The molecule has 0 amide bonds. The van der Waals surface area contributed by atoms with Crippen LogP contribution in [0.1, 0.15) is 32.4 Å². The highest BCUT2D eigenvalue weighted by molar-refractivity contribution is 6.28. The van der Waals surface area contributed by atoms with E-state index < -0.39 is 17.5 Å². The lowest BCUT2D eigenvalue weighted by atomic mass is 10.1. The molecule has 0 aliphatic heterocycles. The van der Waals surface area contributed by atoms with Gasteiger partial charge in [-0.2, -0.15) is 5.26 Å². The van der Waals surface area contributed by atoms with Gasteiger partial charge in [-0.1, -0.05) is 0 Å². The van der Waals surface area contributed by atoms with Gasteiger partial charge in [-0.3, -0.25) is 4.79 Å². The lowest BCUT2D eigenvalue weighted by Crippen LogP contribution is -2.27. The largest absolute Gasteiger partial charge is 0.459 e. The Bertz CT molecular complexity index is 463. The Morgan fingerprint density at radius 2 is 2.24 bits per heavy atom. The van der Waals surface area contributed by atoms with Crippen LogP contribution >= 0.6 is 11.6 Å². The van der Waals surface area contributed by atoms with Crippen LogP contribution in [-0.4, -0.2) is 21.5 Å². The zero-order valence-electron chi connectivity index (χ0n) is 9.77. The molecule has 0 aliphatic rings. The van der Waals surface area contributed by atoms with Gasteiger partial charge in [0.25, 0.3) is 0 Å². The second kappa shape index (κ2) is 5.11. The molecule has 1 aromatic heterocycles. The number of hydrogen-bond acceptors (Lipinski definition) is 5. The molecule has 0 saturated carbocycles. The minimum absolute atomic E-state index is 0.00805. The van der Waals surface area contributed by atoms with Crippen LogP contribution in [0.2, 0.25) is 5.28 Å². The van der Waals surface area contributed by atoms with Gasteiger partial charge in [0.1, 0.15) is 5.60 Å². The van der Waals surface area contributed by atoms with Gasteiger partial charge in [0.05, 0.1) is 11.8 Å². The maximum Gasteiger partial charge on any atom is 0.330 e. The Kier molecular flexibility index (Phi) is 4.02. The first-order chi connectivity index (χ1) is 7.83. The second-order valence-corrected chi connectivity index (χ2v) is 4.68. The van der Waals surface area contributed by atoms with Crippen molar-refractivity contribution < 1.29 is 9.53 Å². The van der Waals surface area contributed by atoms with E-state index in [1.54, 1.807) is 20.8 Å². The average molecular weight is 254 g/mol. The summed E-state index contributed by atoms with van der Waals surface area (Å²) >= 11 is 5.60. The van der Waals surface area contributed by atoms with Crippen molar-refractivity contribution in [3.05, 3.63) is 23.2 Å². The van der Waals surface area contributed by atoms with Crippen LogP contribution < -0.4 is 0 Å². The number of carbonyl (C=O) groups excluding carboxylic acids is 1. The Balaban J connectivity index is 2.94. The maximum atomic E-state index is 11.8. The average Bonchev–Trinajstić information content (AvgIpc) is 2.15. The molecule has 0 bridgehead atoms. The molecule has 17 heavy (non-hydrogen) atoms. The summed E-state index contributed by atoms with van der Waals surface area (Å²) in [5.74, 6) is -1.73. The number of nitrogens with zero attached hydrogens (tertiary/aromatic N) is 3. The molecule has 5 nitrogen and oxygen atoms in total. The monoisotopic (exact) mass is 253 g/mol. The summed E-state index contributed by atoms with van der Waals surface area (Å²) in [5, 5.41) is 8.98. The van der Waals surface area contributed by atoms with Crippen molar-refractivity contribution in [3.63, 3.8) is 0 Å². The van der Waals surface area contributed by atoms with Crippen molar-refractivity contribution in [1.29, 1.82) is 5.26 Å². The first-order valence-electron chi connectivity index (χ1n) is 4.94. The van der Waals surface area contributed by atoms with E-state index in [0.29, 0.717) is 0 Å². The van der Waals surface area contributed by atoms with Gasteiger partial charge in [-0.25, -0.2) is 9.97 Å². The molecule has 6 heteroatoms. The summed E-state index contributed by atoms with van der Waals surface area (Å²) in [7, 11) is 0. The number of halogens is 1. The smallest absolute Gasteiger partial charge is 0.330 e. The van der Waals surface area contributed by atoms with Gasteiger partial charge in [-0.05, 0) is 38.4 Å². The fourth-order valence-corrected chi connectivity index (χ4v) is 1.26. The maximum absolute atomic E-state index is 11.8. The van der Waals surface area contributed by atoms with Gasteiger partial charge >= 0.3 is 5.97 Å². The van der Waals surface area contributed by atoms with Crippen molar-refractivity contribution in [2.75, 3.05) is 0 Å². The van der Waals surface area contributed by atoms with E-state index in [1.165, 1.54) is 12.3 Å². The number of rotatable bonds is 2. The summed E-state index contributed by atoms with van der Waals surface area (Å²) in [6.07, 6.45) is 1.39. The molecule has 0 N–H and O–H groups in total. The van der Waals surface area contributed by atoms with Crippen LogP contribution in [0, 0.1) is 11.3 Å². The topological polar surface area (TPSA) is 75.9 Å². The van der Waals surface area contributed by atoms with Crippen molar-refractivity contribution in [1.82, 2.24) is 9.97 Å². The highest BCUT2D eigenvalue weighted by Gasteiger charge is 2.27. The van der Waals surface area contributed by atoms with E-state index in [-0.39, 0.29) is 11.0 Å². The van der Waals surface area contributed by atoms with Gasteiger partial charge < -0.3 is 4.74 Å². The van der Waals surface area contributed by atoms with Crippen molar-refractivity contribution in [3.8, 4) is 6.07 Å². The summed E-state index contributed by atoms with van der Waals surface area (Å²) in [4.78, 5) is 19.3. The number of esters is 1. The standard InChI is InChI=1S/C11H12ClN3O2/c1-11(2,3)17-9(16)7(6-13)8-4-5-14-10(12)15-8/h4-5,7H,1-3H3. The zero-order valence-corrected chi connectivity index (χ0v) is 10.5. The lowest BCUT2D eigenvalue weighted by Gasteiger charge is -2.21. The van der Waals surface area contributed by atoms with Crippen LogP contribution in [0.5, 0.6) is 0 Å². The van der Waals surface area contributed by atoms with Gasteiger partial charge in [0.2, 0.25) is 5.28 Å². The molecule has 1 rings (SSSR count). The molecular weight excluding hydrogens is 242 g/mol. The van der Waals surface area contributed by atoms with E-state index in [9.17, 15) is 4.79 Å². The summed E-state index contributed by atoms with van der Waals surface area (Å²) in [6, 6.07) is 3.31. The quantitative estimate of drug-likeness (QED) is 0.596. The molecule has 1 aromatic rings. The van der Waals surface area contributed by atoms with Crippen LogP contribution in [0.3, 0.4) is 0 Å². The zero-order chi connectivity index (χ0) is 13.1. The number of nitriles is 1. The van der Waals surface area contributed by atoms with Crippen LogP contribution in [0.15, 0.2) is 12.3 Å². The molecule has 1 heterocycles. The molecule has 1 unspecified atom stereocenters. The summed E-state index contributed by atoms with van der Waals surface area (Å²) in [6.45, 7) is 5.19. The molecule has 90 valence electrons. The minimum Gasteiger partial charge on any atom is -0.459 e. The molecule has 0 saturated heterocycles. The Labute approximate surface area is 104 Å². The lowest BCUT2D eigenvalue weighted by molar-refractivity contribution is -0.155. The highest BCUT2D eigenvalue weighted by Crippen LogP contribution is 2.19. The van der Waals surface area contributed by atoms with E-state index in [4.69, 9.17) is 21.6 Å². The summed E-state index contributed by atoms with van der Waals surface area (Å²) < 4.78 is 5.12. The molecule has 1 atom stereocenters. The van der Waals surface area contributed by atoms with E-state index in [2.05, 4.69) is 9.97 Å². The Morgan fingerprint density at radius 3 is 2.71 bits per heavy atom. The molecule has 0 fully saturated rings. The second-order valence-electron chi connectivity index (χ2n) is 4.35. The number of hydrogen-bond donors (Lipinski definition) is 0. The first-order valence-corrected chi connectivity index (χ1v) is 5.32. The Morgan fingerprint density at radius 1 is 1.59 bits per heavy atom. The predicted molar refractivity (Wildman–Crippen MR) is 61.2 cm³/mol. The van der Waals surface area contributed by atoms with Crippen LogP contribution in [-0.2, 0) is 9.53 Å². The van der Waals surface area contributed by atoms with Crippen molar-refractivity contribution in [2.45, 2.75) is 32.3 Å². The third-order valence-electron chi connectivity index (χ3n) is 1.72. The molecule has 0 radical (unpaired) electrons. The normalized spacial score (nSPS) is 12.6. The van der Waals surface area contributed by atoms with Crippen molar-refractivity contribution >= 4 is 17.6 Å². The number of aromatic nitrogens is 2. The third-order valence-corrected chi connectivity index (χ3v) is 1.90. The van der Waals surface area contributed by atoms with Crippen LogP contribution in [0.25, 0.3) is 0 Å². The minimum atomic E-state index is -1.09. The van der Waals surface area contributed by atoms with E-state index >= 15 is 0 Å². The predicted octanol–water partition coefficient (Wildman–Crippen LogP) is 2.08. The fraction of sp³-hybridized carbons (Fsp3) is 0.455. The van der Waals surface area contributed by atoms with Crippen LogP contribution in [0.4, 0.5) is 0 Å². The van der Waals surface area contributed by atoms with Gasteiger partial charge in [0, 0.05) is 6.20 Å². The van der Waals surface area contributed by atoms with Crippen molar-refractivity contribution in [2.24, 2.45) is 0 Å².